The maximum absolute atomic E-state index is 12.0. The molecule has 1 heterocycles. The first kappa shape index (κ1) is 13.8. The molecular formula is C14H16ClN3OS. The van der Waals surface area contributed by atoms with Crippen LogP contribution in [0.2, 0.25) is 5.02 Å². The lowest BCUT2D eigenvalue weighted by atomic mass is 10.3. The quantitative estimate of drug-likeness (QED) is 0.883. The predicted octanol–water partition coefficient (Wildman–Crippen LogP) is 2.99. The number of carbonyl (C=O) groups is 1. The molecule has 4 nitrogen and oxygen atoms in total. The SMILES string of the molecule is C[C@@H](Sc1nc2cc(Cl)ccc2n1C)C(=O)NC1CC1. The number of nitrogens with zero attached hydrogens (tertiary/aromatic N) is 2. The Morgan fingerprint density at radius 2 is 2.30 bits per heavy atom. The van der Waals surface area contributed by atoms with Crippen molar-refractivity contribution in [2.24, 2.45) is 7.05 Å². The first-order chi connectivity index (χ1) is 9.54. The minimum absolute atomic E-state index is 0.0857. The van der Waals surface area contributed by atoms with Gasteiger partial charge in [0, 0.05) is 18.1 Å². The number of aromatic nitrogens is 2. The normalized spacial score (nSPS) is 16.4. The molecule has 0 aliphatic heterocycles. The van der Waals surface area contributed by atoms with Crippen LogP contribution in [0, 0.1) is 0 Å². The molecule has 1 aliphatic rings. The van der Waals surface area contributed by atoms with Crippen LogP contribution < -0.4 is 5.32 Å². The van der Waals surface area contributed by atoms with Gasteiger partial charge in [-0.2, -0.15) is 0 Å². The minimum Gasteiger partial charge on any atom is -0.352 e. The fourth-order valence-corrected chi connectivity index (χ4v) is 3.08. The molecule has 0 spiro atoms. The van der Waals surface area contributed by atoms with Crippen molar-refractivity contribution in [3.8, 4) is 0 Å². The highest BCUT2D eigenvalue weighted by atomic mass is 35.5. The number of hydrogen-bond acceptors (Lipinski definition) is 3. The summed E-state index contributed by atoms with van der Waals surface area (Å²) in [5.41, 5.74) is 1.88. The maximum Gasteiger partial charge on any atom is 0.233 e. The highest BCUT2D eigenvalue weighted by Gasteiger charge is 2.26. The Hall–Kier alpha value is -1.20. The molecule has 1 amide bonds. The summed E-state index contributed by atoms with van der Waals surface area (Å²) in [7, 11) is 1.96. The number of aryl methyl sites for hydroxylation is 1. The van der Waals surface area contributed by atoms with Crippen molar-refractivity contribution < 1.29 is 4.79 Å². The van der Waals surface area contributed by atoms with Gasteiger partial charge < -0.3 is 9.88 Å². The van der Waals surface area contributed by atoms with Crippen LogP contribution in [-0.4, -0.2) is 26.8 Å². The second kappa shape index (κ2) is 5.30. The lowest BCUT2D eigenvalue weighted by Gasteiger charge is -2.10. The minimum atomic E-state index is -0.151. The molecule has 1 aromatic carbocycles. The van der Waals surface area contributed by atoms with Crippen LogP contribution in [0.1, 0.15) is 19.8 Å². The summed E-state index contributed by atoms with van der Waals surface area (Å²) in [6.07, 6.45) is 2.21. The third kappa shape index (κ3) is 2.79. The monoisotopic (exact) mass is 309 g/mol. The van der Waals surface area contributed by atoms with Crippen molar-refractivity contribution in [2.45, 2.75) is 36.2 Å². The number of amides is 1. The van der Waals surface area contributed by atoms with Crippen molar-refractivity contribution in [1.29, 1.82) is 0 Å². The van der Waals surface area contributed by atoms with Crippen molar-refractivity contribution in [1.82, 2.24) is 14.9 Å². The summed E-state index contributed by atoms with van der Waals surface area (Å²) in [6.45, 7) is 1.91. The van der Waals surface area contributed by atoms with Gasteiger partial charge in [-0.1, -0.05) is 23.4 Å². The zero-order valence-electron chi connectivity index (χ0n) is 11.4. The van der Waals surface area contributed by atoms with E-state index in [4.69, 9.17) is 11.6 Å². The van der Waals surface area contributed by atoms with Gasteiger partial charge in [0.2, 0.25) is 5.91 Å². The number of nitrogens with one attached hydrogen (secondary N) is 1. The molecule has 2 aromatic rings. The van der Waals surface area contributed by atoms with E-state index in [1.807, 2.05) is 36.7 Å². The summed E-state index contributed by atoms with van der Waals surface area (Å²) in [5, 5.41) is 4.37. The van der Waals surface area contributed by atoms with E-state index >= 15 is 0 Å². The lowest BCUT2D eigenvalue weighted by Crippen LogP contribution is -2.32. The van der Waals surface area contributed by atoms with Gasteiger partial charge in [-0.05, 0) is 38.0 Å². The molecule has 1 aliphatic carbocycles. The van der Waals surface area contributed by atoms with Gasteiger partial charge in [0.15, 0.2) is 5.16 Å². The average Bonchev–Trinajstić information content (AvgIpc) is 3.16. The highest BCUT2D eigenvalue weighted by Crippen LogP contribution is 2.28. The summed E-state index contributed by atoms with van der Waals surface area (Å²) < 4.78 is 2.00. The number of fused-ring (bicyclic) bond motifs is 1. The number of imidazole rings is 1. The average molecular weight is 310 g/mol. The first-order valence-electron chi connectivity index (χ1n) is 6.63. The summed E-state index contributed by atoms with van der Waals surface area (Å²) in [5.74, 6) is 0.0857. The summed E-state index contributed by atoms with van der Waals surface area (Å²) in [6, 6.07) is 6.03. The number of hydrogen-bond donors (Lipinski definition) is 1. The second-order valence-corrected chi connectivity index (χ2v) is 6.87. The second-order valence-electron chi connectivity index (χ2n) is 5.13. The number of benzene rings is 1. The predicted molar refractivity (Wildman–Crippen MR) is 82.2 cm³/mol. The Bertz CT molecular complexity index is 666. The molecule has 0 bridgehead atoms. The van der Waals surface area contributed by atoms with Gasteiger partial charge in [-0.15, -0.1) is 0 Å². The van der Waals surface area contributed by atoms with Crippen molar-refractivity contribution in [2.75, 3.05) is 0 Å². The molecule has 0 radical (unpaired) electrons. The number of rotatable bonds is 4. The number of thioether (sulfide) groups is 1. The topological polar surface area (TPSA) is 46.9 Å². The Morgan fingerprint density at radius 3 is 3.00 bits per heavy atom. The van der Waals surface area contributed by atoms with Crippen LogP contribution in [0.25, 0.3) is 11.0 Å². The van der Waals surface area contributed by atoms with Crippen LogP contribution in [-0.2, 0) is 11.8 Å². The Kier molecular flexibility index (Phi) is 3.65. The Morgan fingerprint density at radius 1 is 1.55 bits per heavy atom. The van der Waals surface area contributed by atoms with Gasteiger partial charge in [-0.3, -0.25) is 4.79 Å². The Balaban J connectivity index is 1.79. The maximum atomic E-state index is 12.0. The van der Waals surface area contributed by atoms with Gasteiger partial charge in [0.05, 0.1) is 16.3 Å². The van der Waals surface area contributed by atoms with Crippen LogP contribution >= 0.6 is 23.4 Å². The summed E-state index contributed by atoms with van der Waals surface area (Å²) >= 11 is 7.46. The zero-order chi connectivity index (χ0) is 14.3. The molecule has 0 saturated heterocycles. The standard InChI is InChI=1S/C14H16ClN3OS/c1-8(13(19)16-10-4-5-10)20-14-17-11-7-9(15)3-6-12(11)18(14)2/h3,6-8,10H,4-5H2,1-2H3,(H,16,19)/t8-/m1/s1. The van der Waals surface area contributed by atoms with Crippen molar-refractivity contribution in [3.63, 3.8) is 0 Å². The van der Waals surface area contributed by atoms with E-state index < -0.39 is 0 Å². The van der Waals surface area contributed by atoms with Crippen LogP contribution in [0.5, 0.6) is 0 Å². The molecule has 3 rings (SSSR count). The van der Waals surface area contributed by atoms with E-state index in [1.54, 1.807) is 0 Å². The van der Waals surface area contributed by atoms with Gasteiger partial charge in [0.25, 0.3) is 0 Å². The lowest BCUT2D eigenvalue weighted by molar-refractivity contribution is -0.120. The first-order valence-corrected chi connectivity index (χ1v) is 7.89. The zero-order valence-corrected chi connectivity index (χ0v) is 13.0. The van der Waals surface area contributed by atoms with E-state index in [1.165, 1.54) is 11.8 Å². The molecule has 1 saturated carbocycles. The molecule has 106 valence electrons. The molecule has 0 unspecified atom stereocenters. The van der Waals surface area contributed by atoms with E-state index in [2.05, 4.69) is 10.3 Å². The van der Waals surface area contributed by atoms with E-state index in [9.17, 15) is 4.79 Å². The third-order valence-corrected chi connectivity index (χ3v) is 4.76. The van der Waals surface area contributed by atoms with Crippen LogP contribution in [0.3, 0.4) is 0 Å². The molecule has 1 atom stereocenters. The van der Waals surface area contributed by atoms with Crippen molar-refractivity contribution in [3.05, 3.63) is 23.2 Å². The molecule has 6 heteroatoms. The Labute approximate surface area is 126 Å². The van der Waals surface area contributed by atoms with E-state index in [-0.39, 0.29) is 11.2 Å². The van der Waals surface area contributed by atoms with Gasteiger partial charge in [0.1, 0.15) is 0 Å². The van der Waals surface area contributed by atoms with Gasteiger partial charge in [-0.25, -0.2) is 4.98 Å². The van der Waals surface area contributed by atoms with Crippen LogP contribution in [0.15, 0.2) is 23.4 Å². The molecule has 1 N–H and O–H groups in total. The van der Waals surface area contributed by atoms with Crippen molar-refractivity contribution >= 4 is 40.3 Å². The fourth-order valence-electron chi connectivity index (χ4n) is 2.01. The number of halogens is 1. The number of carbonyl (C=O) groups excluding carboxylic acids is 1. The molecule has 1 aromatic heterocycles. The molecule has 1 fully saturated rings. The van der Waals surface area contributed by atoms with E-state index in [0.29, 0.717) is 11.1 Å². The van der Waals surface area contributed by atoms with Crippen LogP contribution in [0.4, 0.5) is 0 Å². The molecule has 20 heavy (non-hydrogen) atoms. The third-order valence-electron chi connectivity index (χ3n) is 3.38. The smallest absolute Gasteiger partial charge is 0.233 e. The van der Waals surface area contributed by atoms with E-state index in [0.717, 1.165) is 29.0 Å². The fraction of sp³-hybridized carbons (Fsp3) is 0.429. The molecular weight excluding hydrogens is 294 g/mol. The summed E-state index contributed by atoms with van der Waals surface area (Å²) in [4.78, 5) is 16.5. The largest absolute Gasteiger partial charge is 0.352 e. The highest BCUT2D eigenvalue weighted by molar-refractivity contribution is 8.00. The van der Waals surface area contributed by atoms with Gasteiger partial charge >= 0.3 is 0 Å².